The number of benzene rings is 3. The molecule has 148 valence electrons. The van der Waals surface area contributed by atoms with Crippen LogP contribution in [0.5, 0.6) is 0 Å². The Hall–Kier alpha value is -2.55. The Bertz CT molecular complexity index is 1070. The molecule has 2 nitrogen and oxygen atoms in total. The Kier molecular flexibility index (Phi) is 6.33. The minimum atomic E-state index is 0.463. The molecule has 0 fully saturated rings. The summed E-state index contributed by atoms with van der Waals surface area (Å²) in [5.74, 6) is 0. The lowest BCUT2D eigenvalue weighted by Crippen LogP contribution is -2.25. The number of nitrogens with one attached hydrogen (secondary N) is 1. The second-order valence-electron chi connectivity index (χ2n) is 7.74. The van der Waals surface area contributed by atoms with Crippen LogP contribution in [0.4, 0.5) is 0 Å². The lowest BCUT2D eigenvalue weighted by Gasteiger charge is -2.13. The van der Waals surface area contributed by atoms with Crippen LogP contribution >= 0.6 is 11.6 Å². The Balaban J connectivity index is 1.44. The van der Waals surface area contributed by atoms with Gasteiger partial charge in [-0.15, -0.1) is 0 Å². The highest BCUT2D eigenvalue weighted by Crippen LogP contribution is 2.23. The van der Waals surface area contributed by atoms with E-state index in [-0.39, 0.29) is 0 Å². The van der Waals surface area contributed by atoms with Gasteiger partial charge < -0.3 is 9.88 Å². The second-order valence-corrected chi connectivity index (χ2v) is 8.17. The summed E-state index contributed by atoms with van der Waals surface area (Å²) in [6.45, 7) is 3.97. The van der Waals surface area contributed by atoms with Gasteiger partial charge in [0, 0.05) is 41.3 Å². The number of rotatable bonds is 8. The van der Waals surface area contributed by atoms with Crippen molar-refractivity contribution in [3.63, 3.8) is 0 Å². The van der Waals surface area contributed by atoms with Gasteiger partial charge in [0.05, 0.1) is 0 Å². The summed E-state index contributed by atoms with van der Waals surface area (Å²) in [6, 6.07) is 27.9. The summed E-state index contributed by atoms with van der Waals surface area (Å²) in [4.78, 5) is 0. The zero-order valence-electron chi connectivity index (χ0n) is 16.8. The van der Waals surface area contributed by atoms with Crippen molar-refractivity contribution in [2.24, 2.45) is 0 Å². The van der Waals surface area contributed by atoms with E-state index in [0.717, 1.165) is 31.0 Å². The molecule has 0 saturated carbocycles. The summed E-state index contributed by atoms with van der Waals surface area (Å²) in [6.07, 6.45) is 4.51. The average molecular weight is 403 g/mol. The van der Waals surface area contributed by atoms with E-state index in [9.17, 15) is 0 Å². The Morgan fingerprint density at radius 2 is 1.66 bits per heavy atom. The van der Waals surface area contributed by atoms with Gasteiger partial charge in [0.1, 0.15) is 0 Å². The largest absolute Gasteiger partial charge is 0.343 e. The topological polar surface area (TPSA) is 17.0 Å². The van der Waals surface area contributed by atoms with Gasteiger partial charge in [0.2, 0.25) is 0 Å². The first-order valence-electron chi connectivity index (χ1n) is 10.3. The molecule has 0 amide bonds. The van der Waals surface area contributed by atoms with Gasteiger partial charge >= 0.3 is 0 Å². The SMILES string of the molecule is C[C@@H](CCc1ccccc1)NCc1cn(Cc2cccc(Cl)c2)c2ccccc12. The first-order valence-corrected chi connectivity index (χ1v) is 10.7. The molecular weight excluding hydrogens is 376 g/mol. The summed E-state index contributed by atoms with van der Waals surface area (Å²) in [7, 11) is 0. The Morgan fingerprint density at radius 3 is 2.48 bits per heavy atom. The first kappa shape index (κ1) is 19.8. The lowest BCUT2D eigenvalue weighted by atomic mass is 10.1. The quantitative estimate of drug-likeness (QED) is 0.358. The van der Waals surface area contributed by atoms with E-state index in [1.165, 1.54) is 27.6 Å². The predicted molar refractivity (Wildman–Crippen MR) is 124 cm³/mol. The van der Waals surface area contributed by atoms with E-state index in [1.54, 1.807) is 0 Å². The molecule has 3 aromatic carbocycles. The van der Waals surface area contributed by atoms with Crippen molar-refractivity contribution >= 4 is 22.5 Å². The van der Waals surface area contributed by atoms with Crippen LogP contribution in [0.25, 0.3) is 10.9 Å². The fourth-order valence-electron chi connectivity index (χ4n) is 3.84. The second kappa shape index (κ2) is 9.30. The number of hydrogen-bond donors (Lipinski definition) is 1. The van der Waals surface area contributed by atoms with Gasteiger partial charge in [-0.3, -0.25) is 0 Å². The van der Waals surface area contributed by atoms with Crippen molar-refractivity contribution in [1.29, 1.82) is 0 Å². The molecule has 0 spiro atoms. The van der Waals surface area contributed by atoms with E-state index in [1.807, 2.05) is 18.2 Å². The molecule has 0 aliphatic heterocycles. The molecule has 0 unspecified atom stereocenters. The fourth-order valence-corrected chi connectivity index (χ4v) is 4.05. The third-order valence-electron chi connectivity index (χ3n) is 5.46. The van der Waals surface area contributed by atoms with Gasteiger partial charge in [-0.25, -0.2) is 0 Å². The van der Waals surface area contributed by atoms with Crippen LogP contribution in [0.2, 0.25) is 5.02 Å². The molecule has 0 saturated heterocycles. The number of nitrogens with zero attached hydrogens (tertiary/aromatic N) is 1. The number of para-hydroxylation sites is 1. The Morgan fingerprint density at radius 1 is 0.897 bits per heavy atom. The molecular formula is C26H27ClN2. The van der Waals surface area contributed by atoms with Crippen LogP contribution in [0, 0.1) is 0 Å². The molecule has 1 N–H and O–H groups in total. The van der Waals surface area contributed by atoms with Crippen LogP contribution in [0.3, 0.4) is 0 Å². The minimum Gasteiger partial charge on any atom is -0.343 e. The standard InChI is InChI=1S/C26H27ClN2/c1-20(14-15-21-8-3-2-4-9-21)28-17-23-19-29(26-13-6-5-12-25(23)26)18-22-10-7-11-24(27)16-22/h2-13,16,19-20,28H,14-15,17-18H2,1H3/t20-/m0/s1. The van der Waals surface area contributed by atoms with Crippen LogP contribution in [0.15, 0.2) is 85.1 Å². The third kappa shape index (κ3) is 5.09. The smallest absolute Gasteiger partial charge is 0.0486 e. The van der Waals surface area contributed by atoms with Gasteiger partial charge in [-0.1, -0.05) is 72.3 Å². The molecule has 1 heterocycles. The molecule has 0 radical (unpaired) electrons. The van der Waals surface area contributed by atoms with Crippen molar-refractivity contribution in [2.75, 3.05) is 0 Å². The van der Waals surface area contributed by atoms with Crippen LogP contribution in [-0.4, -0.2) is 10.6 Å². The van der Waals surface area contributed by atoms with Crippen LogP contribution < -0.4 is 5.32 Å². The number of aryl methyl sites for hydroxylation is 1. The molecule has 0 aliphatic carbocycles. The lowest BCUT2D eigenvalue weighted by molar-refractivity contribution is 0.514. The summed E-state index contributed by atoms with van der Waals surface area (Å²) in [5.41, 5.74) is 5.23. The molecule has 29 heavy (non-hydrogen) atoms. The maximum atomic E-state index is 6.17. The van der Waals surface area contributed by atoms with Gasteiger partial charge in [0.15, 0.2) is 0 Å². The fraction of sp³-hybridized carbons (Fsp3) is 0.231. The molecule has 1 atom stereocenters. The number of aromatic nitrogens is 1. The highest BCUT2D eigenvalue weighted by atomic mass is 35.5. The summed E-state index contributed by atoms with van der Waals surface area (Å²) >= 11 is 6.17. The average Bonchev–Trinajstić information content (AvgIpc) is 3.09. The number of hydrogen-bond acceptors (Lipinski definition) is 1. The van der Waals surface area contributed by atoms with Crippen molar-refractivity contribution in [3.05, 3.63) is 107 Å². The van der Waals surface area contributed by atoms with E-state index in [2.05, 4.69) is 83.7 Å². The van der Waals surface area contributed by atoms with E-state index >= 15 is 0 Å². The van der Waals surface area contributed by atoms with Crippen molar-refractivity contribution < 1.29 is 0 Å². The highest BCUT2D eigenvalue weighted by molar-refractivity contribution is 6.30. The van der Waals surface area contributed by atoms with E-state index in [0.29, 0.717) is 6.04 Å². The maximum Gasteiger partial charge on any atom is 0.0486 e. The first-order chi connectivity index (χ1) is 14.2. The van der Waals surface area contributed by atoms with Crippen molar-refractivity contribution in [2.45, 2.75) is 38.9 Å². The zero-order chi connectivity index (χ0) is 20.1. The van der Waals surface area contributed by atoms with E-state index in [4.69, 9.17) is 11.6 Å². The van der Waals surface area contributed by atoms with E-state index < -0.39 is 0 Å². The molecule has 4 aromatic rings. The molecule has 4 rings (SSSR count). The van der Waals surface area contributed by atoms with Crippen LogP contribution in [-0.2, 0) is 19.5 Å². The number of fused-ring (bicyclic) bond motifs is 1. The van der Waals surface area contributed by atoms with Gasteiger partial charge in [-0.2, -0.15) is 0 Å². The molecule has 0 bridgehead atoms. The molecule has 0 aliphatic rings. The normalized spacial score (nSPS) is 12.3. The van der Waals surface area contributed by atoms with Crippen molar-refractivity contribution in [1.82, 2.24) is 9.88 Å². The highest BCUT2D eigenvalue weighted by Gasteiger charge is 2.10. The zero-order valence-corrected chi connectivity index (χ0v) is 17.6. The monoisotopic (exact) mass is 402 g/mol. The van der Waals surface area contributed by atoms with Crippen LogP contribution in [0.1, 0.15) is 30.0 Å². The molecule has 1 aromatic heterocycles. The Labute approximate surface area is 178 Å². The van der Waals surface area contributed by atoms with Gasteiger partial charge in [0.25, 0.3) is 0 Å². The summed E-state index contributed by atoms with van der Waals surface area (Å²) < 4.78 is 2.33. The third-order valence-corrected chi connectivity index (χ3v) is 5.70. The van der Waals surface area contributed by atoms with Crippen molar-refractivity contribution in [3.8, 4) is 0 Å². The summed E-state index contributed by atoms with van der Waals surface area (Å²) in [5, 5.41) is 5.82. The minimum absolute atomic E-state index is 0.463. The predicted octanol–water partition coefficient (Wildman–Crippen LogP) is 6.45. The maximum absolute atomic E-state index is 6.17. The molecule has 3 heteroatoms. The number of halogens is 1. The van der Waals surface area contributed by atoms with Gasteiger partial charge in [-0.05, 0) is 54.7 Å².